The standard InChI is InChI=1S/C8H2F5NO/c9-4-3(2(15)1-14)5(10)7(12)8(13)6(4)11/h2,15H. The van der Waals surface area contributed by atoms with E-state index in [4.69, 9.17) is 10.4 Å². The van der Waals surface area contributed by atoms with Gasteiger partial charge in [0, 0.05) is 0 Å². The zero-order chi connectivity index (χ0) is 11.7. The van der Waals surface area contributed by atoms with Crippen LogP contribution >= 0.6 is 0 Å². The first-order valence-corrected chi connectivity index (χ1v) is 3.50. The summed E-state index contributed by atoms with van der Waals surface area (Å²) in [6, 6.07) is 0.957. The molecule has 0 aliphatic carbocycles. The number of halogens is 5. The molecule has 1 rings (SSSR count). The molecule has 2 nitrogen and oxygen atoms in total. The van der Waals surface area contributed by atoms with Gasteiger partial charge in [0.15, 0.2) is 29.4 Å². The summed E-state index contributed by atoms with van der Waals surface area (Å²) in [4.78, 5) is 0. The molecular weight excluding hydrogens is 221 g/mol. The van der Waals surface area contributed by atoms with Crippen LogP contribution in [-0.2, 0) is 0 Å². The second-order valence-corrected chi connectivity index (χ2v) is 2.52. The van der Waals surface area contributed by atoms with Gasteiger partial charge >= 0.3 is 0 Å². The van der Waals surface area contributed by atoms with Crippen molar-refractivity contribution in [1.82, 2.24) is 0 Å². The van der Waals surface area contributed by atoms with Gasteiger partial charge in [-0.2, -0.15) is 5.26 Å². The van der Waals surface area contributed by atoms with E-state index in [1.807, 2.05) is 0 Å². The molecule has 1 aromatic rings. The van der Waals surface area contributed by atoms with Crippen LogP contribution in [0.2, 0.25) is 0 Å². The van der Waals surface area contributed by atoms with Crippen molar-refractivity contribution in [3.63, 3.8) is 0 Å². The Morgan fingerprint density at radius 2 is 1.20 bits per heavy atom. The van der Waals surface area contributed by atoms with E-state index in [2.05, 4.69) is 0 Å². The number of aliphatic hydroxyl groups excluding tert-OH is 1. The van der Waals surface area contributed by atoms with Crippen molar-refractivity contribution >= 4 is 0 Å². The van der Waals surface area contributed by atoms with E-state index in [1.54, 1.807) is 0 Å². The first-order valence-electron chi connectivity index (χ1n) is 3.50. The lowest BCUT2D eigenvalue weighted by Crippen LogP contribution is -2.10. The Morgan fingerprint density at radius 3 is 1.53 bits per heavy atom. The van der Waals surface area contributed by atoms with Crippen molar-refractivity contribution in [2.24, 2.45) is 0 Å². The highest BCUT2D eigenvalue weighted by Crippen LogP contribution is 2.27. The molecule has 0 saturated carbocycles. The molecule has 0 aromatic heterocycles. The van der Waals surface area contributed by atoms with Crippen molar-refractivity contribution in [3.05, 3.63) is 34.6 Å². The smallest absolute Gasteiger partial charge is 0.200 e. The molecule has 0 amide bonds. The van der Waals surface area contributed by atoms with Crippen LogP contribution in [0.4, 0.5) is 22.0 Å². The highest BCUT2D eigenvalue weighted by Gasteiger charge is 2.29. The van der Waals surface area contributed by atoms with Crippen LogP contribution in [0.3, 0.4) is 0 Å². The summed E-state index contributed by atoms with van der Waals surface area (Å²) in [7, 11) is 0. The highest BCUT2D eigenvalue weighted by molar-refractivity contribution is 5.28. The second-order valence-electron chi connectivity index (χ2n) is 2.52. The summed E-state index contributed by atoms with van der Waals surface area (Å²) < 4.78 is 63.1. The van der Waals surface area contributed by atoms with Gasteiger partial charge in [-0.05, 0) is 0 Å². The monoisotopic (exact) mass is 223 g/mol. The Kier molecular flexibility index (Phi) is 2.90. The Hall–Kier alpha value is -1.68. The molecule has 1 unspecified atom stereocenters. The minimum atomic E-state index is -2.41. The summed E-state index contributed by atoms with van der Waals surface area (Å²) in [5.41, 5.74) is -1.55. The van der Waals surface area contributed by atoms with Crippen molar-refractivity contribution in [2.45, 2.75) is 6.10 Å². The van der Waals surface area contributed by atoms with Gasteiger partial charge in [0.1, 0.15) is 0 Å². The van der Waals surface area contributed by atoms with E-state index in [0.717, 1.165) is 6.07 Å². The highest BCUT2D eigenvalue weighted by atomic mass is 19.2. The summed E-state index contributed by atoms with van der Waals surface area (Å²) in [5, 5.41) is 16.9. The molecule has 0 bridgehead atoms. The largest absolute Gasteiger partial charge is 0.374 e. The third-order valence-corrected chi connectivity index (χ3v) is 1.64. The number of hydrogen-bond donors (Lipinski definition) is 1. The Morgan fingerprint density at radius 1 is 0.867 bits per heavy atom. The number of rotatable bonds is 1. The van der Waals surface area contributed by atoms with Crippen LogP contribution in [0.1, 0.15) is 11.7 Å². The Balaban J connectivity index is 3.61. The number of nitrogens with zero attached hydrogens (tertiary/aromatic N) is 1. The molecule has 1 N–H and O–H groups in total. The lowest BCUT2D eigenvalue weighted by molar-refractivity contribution is 0.217. The second kappa shape index (κ2) is 3.82. The van der Waals surface area contributed by atoms with E-state index in [9.17, 15) is 22.0 Å². The predicted molar refractivity (Wildman–Crippen MR) is 36.8 cm³/mol. The van der Waals surface area contributed by atoms with Gasteiger partial charge in [-0.3, -0.25) is 0 Å². The van der Waals surface area contributed by atoms with E-state index >= 15 is 0 Å². The molecule has 15 heavy (non-hydrogen) atoms. The summed E-state index contributed by atoms with van der Waals surface area (Å²) in [5.74, 6) is -11.1. The fraction of sp³-hybridized carbons (Fsp3) is 0.125. The minimum absolute atomic E-state index is 0.957. The maximum atomic E-state index is 12.8. The fourth-order valence-electron chi connectivity index (χ4n) is 0.926. The molecule has 7 heteroatoms. The summed E-state index contributed by atoms with van der Waals surface area (Å²) in [6.07, 6.45) is -2.41. The maximum Gasteiger partial charge on any atom is 0.200 e. The average Bonchev–Trinajstić information content (AvgIpc) is 2.23. The lowest BCUT2D eigenvalue weighted by atomic mass is 10.1. The van der Waals surface area contributed by atoms with Crippen molar-refractivity contribution < 1.29 is 27.1 Å². The molecule has 1 aromatic carbocycles. The Bertz CT molecular complexity index is 424. The molecule has 1 atom stereocenters. The third kappa shape index (κ3) is 1.64. The molecule has 0 saturated heterocycles. The summed E-state index contributed by atoms with van der Waals surface area (Å²) in [6.45, 7) is 0. The van der Waals surface area contributed by atoms with E-state index in [0.29, 0.717) is 0 Å². The molecule has 0 radical (unpaired) electrons. The van der Waals surface area contributed by atoms with Crippen molar-refractivity contribution in [1.29, 1.82) is 5.26 Å². The van der Waals surface area contributed by atoms with Gasteiger partial charge < -0.3 is 5.11 Å². The van der Waals surface area contributed by atoms with Crippen LogP contribution in [-0.4, -0.2) is 5.11 Å². The predicted octanol–water partition coefficient (Wildman–Crippen LogP) is 1.94. The molecule has 0 fully saturated rings. The molecule has 0 spiro atoms. The van der Waals surface area contributed by atoms with Crippen LogP contribution in [0.25, 0.3) is 0 Å². The van der Waals surface area contributed by atoms with E-state index < -0.39 is 40.8 Å². The zero-order valence-electron chi connectivity index (χ0n) is 6.86. The van der Waals surface area contributed by atoms with Gasteiger partial charge in [0.25, 0.3) is 0 Å². The normalized spacial score (nSPS) is 12.3. The number of nitriles is 1. The number of benzene rings is 1. The Labute approximate surface area is 80.2 Å². The third-order valence-electron chi connectivity index (χ3n) is 1.64. The van der Waals surface area contributed by atoms with Crippen LogP contribution in [0, 0.1) is 40.4 Å². The van der Waals surface area contributed by atoms with Crippen LogP contribution < -0.4 is 0 Å². The molecule has 80 valence electrons. The lowest BCUT2D eigenvalue weighted by Gasteiger charge is -2.08. The van der Waals surface area contributed by atoms with Crippen LogP contribution in [0.15, 0.2) is 0 Å². The first kappa shape index (κ1) is 11.4. The fourth-order valence-corrected chi connectivity index (χ4v) is 0.926. The number of aliphatic hydroxyl groups is 1. The molecule has 0 aliphatic rings. The quantitative estimate of drug-likeness (QED) is 0.342. The number of hydrogen-bond acceptors (Lipinski definition) is 2. The topological polar surface area (TPSA) is 44.0 Å². The van der Waals surface area contributed by atoms with Gasteiger partial charge in [-0.15, -0.1) is 0 Å². The maximum absolute atomic E-state index is 12.8. The first-order chi connectivity index (χ1) is 6.91. The summed E-state index contributed by atoms with van der Waals surface area (Å²) >= 11 is 0. The average molecular weight is 223 g/mol. The van der Waals surface area contributed by atoms with Crippen molar-refractivity contribution in [3.8, 4) is 6.07 Å². The molecule has 0 heterocycles. The van der Waals surface area contributed by atoms with Gasteiger partial charge in [-0.25, -0.2) is 22.0 Å². The molecule has 0 aliphatic heterocycles. The van der Waals surface area contributed by atoms with Gasteiger partial charge in [0.05, 0.1) is 11.6 Å². The molecular formula is C8H2F5NO. The minimum Gasteiger partial charge on any atom is -0.374 e. The van der Waals surface area contributed by atoms with Crippen molar-refractivity contribution in [2.75, 3.05) is 0 Å². The van der Waals surface area contributed by atoms with Gasteiger partial charge in [-0.1, -0.05) is 0 Å². The SMILES string of the molecule is N#CC(O)c1c(F)c(F)c(F)c(F)c1F. The van der Waals surface area contributed by atoms with E-state index in [1.165, 1.54) is 0 Å². The van der Waals surface area contributed by atoms with Crippen LogP contribution in [0.5, 0.6) is 0 Å². The zero-order valence-corrected chi connectivity index (χ0v) is 6.86. The van der Waals surface area contributed by atoms with E-state index in [-0.39, 0.29) is 0 Å². The van der Waals surface area contributed by atoms with Gasteiger partial charge in [0.2, 0.25) is 5.82 Å².